The highest BCUT2D eigenvalue weighted by molar-refractivity contribution is 5.82. The highest BCUT2D eigenvalue weighted by Gasteiger charge is 2.40. The van der Waals surface area contributed by atoms with E-state index in [9.17, 15) is 18.4 Å². The summed E-state index contributed by atoms with van der Waals surface area (Å²) in [7, 11) is 0. The number of nitrogens with one attached hydrogen (secondary N) is 1. The number of carboxylic acids is 1. The van der Waals surface area contributed by atoms with Crippen LogP contribution in [0.25, 0.3) is 0 Å². The minimum atomic E-state index is -1.50. The van der Waals surface area contributed by atoms with E-state index in [-0.39, 0.29) is 5.56 Å². The van der Waals surface area contributed by atoms with Gasteiger partial charge in [0.05, 0.1) is 0 Å². The van der Waals surface area contributed by atoms with E-state index < -0.39 is 35.8 Å². The summed E-state index contributed by atoms with van der Waals surface area (Å²) in [5.41, 5.74) is 0.000694. The average molecular weight is 243 g/mol. The molecule has 0 saturated carbocycles. The number of cyclic esters (lactones) is 1. The summed E-state index contributed by atoms with van der Waals surface area (Å²) in [6.07, 6.45) is -2.43. The average Bonchev–Trinajstić information content (AvgIpc) is 2.59. The number of rotatable bonds is 2. The first kappa shape index (κ1) is 11.3. The first-order chi connectivity index (χ1) is 7.97. The number of benzene rings is 1. The number of carbonyl (C=O) groups is 2. The molecule has 1 heterocycles. The van der Waals surface area contributed by atoms with Crippen LogP contribution in [0, 0.1) is 11.6 Å². The summed E-state index contributed by atoms with van der Waals surface area (Å²) < 4.78 is 30.4. The van der Waals surface area contributed by atoms with Crippen molar-refractivity contribution in [2.24, 2.45) is 0 Å². The Hall–Kier alpha value is -2.18. The van der Waals surface area contributed by atoms with Crippen LogP contribution < -0.4 is 5.32 Å². The van der Waals surface area contributed by atoms with Gasteiger partial charge in [0, 0.05) is 6.07 Å². The maximum Gasteiger partial charge on any atom is 0.408 e. The predicted octanol–water partition coefficient (Wildman–Crippen LogP) is 1.20. The van der Waals surface area contributed by atoms with E-state index in [0.29, 0.717) is 6.07 Å². The maximum absolute atomic E-state index is 13.0. The van der Waals surface area contributed by atoms with Gasteiger partial charge in [-0.05, 0) is 17.7 Å². The van der Waals surface area contributed by atoms with Crippen LogP contribution in [0.4, 0.5) is 13.6 Å². The zero-order chi connectivity index (χ0) is 12.6. The molecule has 1 amide bonds. The maximum atomic E-state index is 13.0. The van der Waals surface area contributed by atoms with Crippen LogP contribution in [0.2, 0.25) is 0 Å². The lowest BCUT2D eigenvalue weighted by molar-refractivity contribution is -0.146. The highest BCUT2D eigenvalue weighted by Crippen LogP contribution is 2.26. The number of halogens is 2. The fourth-order valence-electron chi connectivity index (χ4n) is 1.63. The van der Waals surface area contributed by atoms with Crippen molar-refractivity contribution in [1.29, 1.82) is 0 Å². The molecule has 7 heteroatoms. The minimum absolute atomic E-state index is 0.000694. The van der Waals surface area contributed by atoms with Crippen molar-refractivity contribution < 1.29 is 28.2 Å². The SMILES string of the molecule is O=C1N[C@@H](c2cc(F)cc(F)c2)[C@H](C(=O)O)O1. The third kappa shape index (κ3) is 2.17. The summed E-state index contributed by atoms with van der Waals surface area (Å²) in [5.74, 6) is -3.10. The number of amides is 1. The van der Waals surface area contributed by atoms with Gasteiger partial charge in [-0.2, -0.15) is 0 Å². The van der Waals surface area contributed by atoms with Crippen molar-refractivity contribution in [2.45, 2.75) is 12.1 Å². The lowest BCUT2D eigenvalue weighted by Gasteiger charge is -2.13. The van der Waals surface area contributed by atoms with E-state index in [1.54, 1.807) is 0 Å². The summed E-state index contributed by atoms with van der Waals surface area (Å²) in [5, 5.41) is 11.0. The molecule has 1 fully saturated rings. The van der Waals surface area contributed by atoms with Crippen molar-refractivity contribution in [3.63, 3.8) is 0 Å². The molecule has 90 valence electrons. The van der Waals surface area contributed by atoms with Crippen LogP contribution in [0.1, 0.15) is 11.6 Å². The second-order valence-corrected chi connectivity index (χ2v) is 3.49. The Morgan fingerprint density at radius 1 is 1.29 bits per heavy atom. The molecule has 1 aromatic rings. The van der Waals surface area contributed by atoms with E-state index in [4.69, 9.17) is 5.11 Å². The van der Waals surface area contributed by atoms with E-state index in [1.807, 2.05) is 0 Å². The lowest BCUT2D eigenvalue weighted by atomic mass is 10.0. The van der Waals surface area contributed by atoms with Gasteiger partial charge in [-0.15, -0.1) is 0 Å². The number of aliphatic carboxylic acids is 1. The molecule has 5 nitrogen and oxygen atoms in total. The van der Waals surface area contributed by atoms with Crippen LogP contribution in [0.15, 0.2) is 18.2 Å². The fraction of sp³-hybridized carbons (Fsp3) is 0.200. The summed E-state index contributed by atoms with van der Waals surface area (Å²) in [4.78, 5) is 21.7. The smallest absolute Gasteiger partial charge is 0.408 e. The Labute approximate surface area is 94.0 Å². The molecule has 0 aliphatic carbocycles. The van der Waals surface area contributed by atoms with Crippen LogP contribution in [-0.4, -0.2) is 23.3 Å². The first-order valence-electron chi connectivity index (χ1n) is 4.63. The standard InChI is InChI=1S/C10H7F2NO4/c11-5-1-4(2-6(12)3-5)7-8(9(14)15)17-10(16)13-7/h1-3,7-8H,(H,13,16)(H,14,15)/t7-,8+/m0/s1. The Bertz CT molecular complexity index is 471. The molecule has 2 N–H and O–H groups in total. The predicted molar refractivity (Wildman–Crippen MR) is 50.1 cm³/mol. The van der Waals surface area contributed by atoms with Crippen molar-refractivity contribution in [3.8, 4) is 0 Å². The quantitative estimate of drug-likeness (QED) is 0.818. The van der Waals surface area contributed by atoms with E-state index in [0.717, 1.165) is 12.1 Å². The molecule has 2 atom stereocenters. The number of carboxylic acid groups (broad SMARTS) is 1. The number of hydrogen-bond acceptors (Lipinski definition) is 3. The van der Waals surface area contributed by atoms with Crippen LogP contribution >= 0.6 is 0 Å². The van der Waals surface area contributed by atoms with Crippen LogP contribution in [0.5, 0.6) is 0 Å². The van der Waals surface area contributed by atoms with Gasteiger partial charge >= 0.3 is 12.1 Å². The largest absolute Gasteiger partial charge is 0.478 e. The zero-order valence-corrected chi connectivity index (χ0v) is 8.31. The Balaban J connectivity index is 2.37. The lowest BCUT2D eigenvalue weighted by Crippen LogP contribution is -2.29. The van der Waals surface area contributed by atoms with Gasteiger partial charge in [0.2, 0.25) is 6.10 Å². The van der Waals surface area contributed by atoms with Crippen LogP contribution in [0.3, 0.4) is 0 Å². The molecule has 0 radical (unpaired) electrons. The molecule has 2 rings (SSSR count). The third-order valence-electron chi connectivity index (χ3n) is 2.30. The van der Waals surface area contributed by atoms with Gasteiger partial charge in [-0.1, -0.05) is 0 Å². The van der Waals surface area contributed by atoms with Crippen molar-refractivity contribution in [3.05, 3.63) is 35.4 Å². The van der Waals surface area contributed by atoms with Gasteiger partial charge in [0.1, 0.15) is 17.7 Å². The Morgan fingerprint density at radius 3 is 2.41 bits per heavy atom. The topological polar surface area (TPSA) is 75.6 Å². The zero-order valence-electron chi connectivity index (χ0n) is 8.31. The molecule has 0 bridgehead atoms. The molecule has 1 aliphatic rings. The van der Waals surface area contributed by atoms with Crippen molar-refractivity contribution in [2.75, 3.05) is 0 Å². The summed E-state index contributed by atoms with van der Waals surface area (Å²) in [6.45, 7) is 0. The van der Waals surface area contributed by atoms with Gasteiger partial charge in [-0.25, -0.2) is 18.4 Å². The number of ether oxygens (including phenoxy) is 1. The highest BCUT2D eigenvalue weighted by atomic mass is 19.1. The van der Waals surface area contributed by atoms with Crippen molar-refractivity contribution >= 4 is 12.1 Å². The van der Waals surface area contributed by atoms with E-state index in [1.165, 1.54) is 0 Å². The molecule has 0 unspecified atom stereocenters. The molecular weight excluding hydrogens is 236 g/mol. The van der Waals surface area contributed by atoms with Gasteiger partial charge in [0.15, 0.2) is 0 Å². The number of carbonyl (C=O) groups excluding carboxylic acids is 1. The molecular formula is C10H7F2NO4. The first-order valence-corrected chi connectivity index (χ1v) is 4.63. The van der Waals surface area contributed by atoms with Gasteiger partial charge < -0.3 is 15.2 Å². The molecule has 0 spiro atoms. The molecule has 1 saturated heterocycles. The number of alkyl carbamates (subject to hydrolysis) is 1. The van der Waals surface area contributed by atoms with Gasteiger partial charge in [-0.3, -0.25) is 0 Å². The van der Waals surface area contributed by atoms with Crippen molar-refractivity contribution in [1.82, 2.24) is 5.32 Å². The minimum Gasteiger partial charge on any atom is -0.478 e. The third-order valence-corrected chi connectivity index (χ3v) is 2.30. The molecule has 1 aromatic carbocycles. The normalized spacial score (nSPS) is 23.1. The van der Waals surface area contributed by atoms with E-state index in [2.05, 4.69) is 10.1 Å². The van der Waals surface area contributed by atoms with Gasteiger partial charge in [0.25, 0.3) is 0 Å². The Kier molecular flexibility index (Phi) is 2.66. The Morgan fingerprint density at radius 2 is 1.88 bits per heavy atom. The van der Waals surface area contributed by atoms with E-state index >= 15 is 0 Å². The number of hydrogen-bond donors (Lipinski definition) is 2. The second-order valence-electron chi connectivity index (χ2n) is 3.49. The monoisotopic (exact) mass is 243 g/mol. The molecule has 17 heavy (non-hydrogen) atoms. The second kappa shape index (κ2) is 4.00. The van der Waals surface area contributed by atoms with Crippen LogP contribution in [-0.2, 0) is 9.53 Å². The molecule has 0 aromatic heterocycles. The fourth-order valence-corrected chi connectivity index (χ4v) is 1.63. The molecule has 1 aliphatic heterocycles. The summed E-state index contributed by atoms with van der Waals surface area (Å²) in [6, 6.07) is 1.43. The summed E-state index contributed by atoms with van der Waals surface area (Å²) >= 11 is 0.